The van der Waals surface area contributed by atoms with Crippen molar-refractivity contribution in [3.05, 3.63) is 23.5 Å². The van der Waals surface area contributed by atoms with E-state index in [1.165, 1.54) is 6.07 Å². The zero-order chi connectivity index (χ0) is 11.4. The van der Waals surface area contributed by atoms with Gasteiger partial charge < -0.3 is 16.2 Å². The molecule has 3 nitrogen and oxygen atoms in total. The highest BCUT2D eigenvalue weighted by Crippen LogP contribution is 2.23. The van der Waals surface area contributed by atoms with E-state index in [9.17, 15) is 4.39 Å². The largest absolute Gasteiger partial charge is 0.397 e. The molecule has 1 rings (SSSR count). The lowest BCUT2D eigenvalue weighted by Crippen LogP contribution is -2.23. The van der Waals surface area contributed by atoms with Crippen LogP contribution in [0.2, 0.25) is 0 Å². The van der Waals surface area contributed by atoms with Crippen molar-refractivity contribution in [2.75, 3.05) is 17.7 Å². The second-order valence-electron chi connectivity index (χ2n) is 3.62. The second kappa shape index (κ2) is 4.98. The first-order chi connectivity index (χ1) is 7.08. The first kappa shape index (κ1) is 11.8. The third-order valence-electron chi connectivity index (χ3n) is 2.40. The molecule has 0 aromatic heterocycles. The summed E-state index contributed by atoms with van der Waals surface area (Å²) in [6.07, 6.45) is 0.784. The molecule has 0 heterocycles. The lowest BCUT2D eigenvalue weighted by atomic mass is 10.1. The van der Waals surface area contributed by atoms with Crippen LogP contribution in [0.25, 0.3) is 0 Å². The molecule has 0 aliphatic carbocycles. The molecule has 0 saturated heterocycles. The maximum Gasteiger partial charge on any atom is 0.128 e. The average Bonchev–Trinajstić information content (AvgIpc) is 2.21. The normalized spacial score (nSPS) is 12.5. The van der Waals surface area contributed by atoms with E-state index in [0.29, 0.717) is 16.9 Å². The molecular weight excluding hydrogens is 195 g/mol. The van der Waals surface area contributed by atoms with Crippen molar-refractivity contribution in [3.8, 4) is 0 Å². The van der Waals surface area contributed by atoms with Crippen molar-refractivity contribution in [2.24, 2.45) is 0 Å². The number of aliphatic hydroxyl groups excluding tert-OH is 1. The van der Waals surface area contributed by atoms with Crippen LogP contribution in [0.4, 0.5) is 15.8 Å². The summed E-state index contributed by atoms with van der Waals surface area (Å²) < 4.78 is 13.1. The van der Waals surface area contributed by atoms with Gasteiger partial charge in [-0.1, -0.05) is 6.92 Å². The van der Waals surface area contributed by atoms with Crippen LogP contribution in [0.5, 0.6) is 0 Å². The van der Waals surface area contributed by atoms with E-state index in [1.54, 1.807) is 13.0 Å². The molecule has 4 N–H and O–H groups in total. The molecule has 0 saturated carbocycles. The van der Waals surface area contributed by atoms with E-state index < -0.39 is 0 Å². The molecular formula is C11H17FN2O. The van der Waals surface area contributed by atoms with Gasteiger partial charge in [0.25, 0.3) is 0 Å². The number of nitrogens with one attached hydrogen (secondary N) is 1. The number of nitrogen functional groups attached to an aromatic ring is 1. The third-order valence-corrected chi connectivity index (χ3v) is 2.40. The molecule has 4 heteroatoms. The summed E-state index contributed by atoms with van der Waals surface area (Å²) in [6, 6.07) is 2.90. The highest BCUT2D eigenvalue weighted by molar-refractivity contribution is 5.67. The Balaban J connectivity index is 2.89. The predicted molar refractivity (Wildman–Crippen MR) is 60.3 cm³/mol. The van der Waals surface area contributed by atoms with E-state index in [-0.39, 0.29) is 18.5 Å². The van der Waals surface area contributed by atoms with E-state index in [4.69, 9.17) is 10.8 Å². The minimum Gasteiger partial charge on any atom is -0.397 e. The monoisotopic (exact) mass is 212 g/mol. The SMILES string of the molecule is CCC(CO)Nc1cc(C)c(F)cc1N. The fourth-order valence-electron chi connectivity index (χ4n) is 1.32. The van der Waals surface area contributed by atoms with Crippen molar-refractivity contribution in [1.29, 1.82) is 0 Å². The van der Waals surface area contributed by atoms with E-state index in [0.717, 1.165) is 6.42 Å². The maximum absolute atomic E-state index is 13.1. The standard InChI is InChI=1S/C11H17FN2O/c1-3-8(6-15)14-11-4-7(2)9(12)5-10(11)13/h4-5,8,14-15H,3,6,13H2,1-2H3. The summed E-state index contributed by atoms with van der Waals surface area (Å²) >= 11 is 0. The number of hydrogen-bond donors (Lipinski definition) is 3. The molecule has 0 fully saturated rings. The number of benzene rings is 1. The van der Waals surface area contributed by atoms with E-state index in [2.05, 4.69) is 5.32 Å². The van der Waals surface area contributed by atoms with Crippen LogP contribution in [-0.4, -0.2) is 17.8 Å². The van der Waals surface area contributed by atoms with Crippen LogP contribution in [0, 0.1) is 12.7 Å². The van der Waals surface area contributed by atoms with Crippen molar-refractivity contribution in [3.63, 3.8) is 0 Å². The Kier molecular flexibility index (Phi) is 3.91. The summed E-state index contributed by atoms with van der Waals surface area (Å²) in [6.45, 7) is 3.67. The van der Waals surface area contributed by atoms with Crippen LogP contribution in [0.1, 0.15) is 18.9 Å². The quantitative estimate of drug-likeness (QED) is 0.668. The Hall–Kier alpha value is -1.29. The van der Waals surface area contributed by atoms with Gasteiger partial charge in [-0.3, -0.25) is 0 Å². The fourth-order valence-corrected chi connectivity index (χ4v) is 1.32. The van der Waals surface area contributed by atoms with Crippen LogP contribution < -0.4 is 11.1 Å². The number of anilines is 2. The van der Waals surface area contributed by atoms with Gasteiger partial charge in [0.2, 0.25) is 0 Å². The number of aryl methyl sites for hydroxylation is 1. The molecule has 0 radical (unpaired) electrons. The molecule has 15 heavy (non-hydrogen) atoms. The van der Waals surface area contributed by atoms with Crippen molar-refractivity contribution in [1.82, 2.24) is 0 Å². The van der Waals surface area contributed by atoms with Crippen molar-refractivity contribution in [2.45, 2.75) is 26.3 Å². The Bertz CT molecular complexity index is 338. The van der Waals surface area contributed by atoms with Gasteiger partial charge in [0.1, 0.15) is 5.82 Å². The van der Waals surface area contributed by atoms with Gasteiger partial charge in [0.05, 0.1) is 18.0 Å². The van der Waals surface area contributed by atoms with Gasteiger partial charge in [0, 0.05) is 6.04 Å². The number of nitrogens with two attached hydrogens (primary N) is 1. The summed E-state index contributed by atoms with van der Waals surface area (Å²) in [5.41, 5.74) is 7.25. The van der Waals surface area contributed by atoms with Crippen LogP contribution in [-0.2, 0) is 0 Å². The van der Waals surface area contributed by atoms with Crippen molar-refractivity contribution >= 4 is 11.4 Å². The van der Waals surface area contributed by atoms with Gasteiger partial charge in [-0.15, -0.1) is 0 Å². The second-order valence-corrected chi connectivity index (χ2v) is 3.62. The summed E-state index contributed by atoms with van der Waals surface area (Å²) in [5.74, 6) is -0.310. The number of aliphatic hydroxyl groups is 1. The van der Waals surface area contributed by atoms with Gasteiger partial charge >= 0.3 is 0 Å². The van der Waals surface area contributed by atoms with Gasteiger partial charge in [-0.2, -0.15) is 0 Å². The highest BCUT2D eigenvalue weighted by atomic mass is 19.1. The molecule has 0 aliphatic heterocycles. The molecule has 1 aromatic rings. The van der Waals surface area contributed by atoms with Gasteiger partial charge in [0.15, 0.2) is 0 Å². The molecule has 1 aromatic carbocycles. The number of rotatable bonds is 4. The number of hydrogen-bond acceptors (Lipinski definition) is 3. The minimum absolute atomic E-state index is 0.0341. The van der Waals surface area contributed by atoms with Crippen LogP contribution in [0.3, 0.4) is 0 Å². The molecule has 0 amide bonds. The zero-order valence-corrected chi connectivity index (χ0v) is 9.05. The summed E-state index contributed by atoms with van der Waals surface area (Å²) in [7, 11) is 0. The molecule has 0 bridgehead atoms. The Labute approximate surface area is 89.1 Å². The maximum atomic E-state index is 13.1. The molecule has 1 atom stereocenters. The topological polar surface area (TPSA) is 58.3 Å². The third kappa shape index (κ3) is 2.83. The van der Waals surface area contributed by atoms with Crippen molar-refractivity contribution < 1.29 is 9.50 Å². The first-order valence-electron chi connectivity index (χ1n) is 5.01. The molecule has 0 spiro atoms. The average molecular weight is 212 g/mol. The predicted octanol–water partition coefficient (Wildman–Crippen LogP) is 1.90. The highest BCUT2D eigenvalue weighted by Gasteiger charge is 2.08. The van der Waals surface area contributed by atoms with Gasteiger partial charge in [-0.25, -0.2) is 4.39 Å². The van der Waals surface area contributed by atoms with E-state index in [1.807, 2.05) is 6.92 Å². The minimum atomic E-state index is -0.310. The molecule has 0 aliphatic rings. The smallest absolute Gasteiger partial charge is 0.128 e. The lowest BCUT2D eigenvalue weighted by Gasteiger charge is -2.17. The van der Waals surface area contributed by atoms with Gasteiger partial charge in [-0.05, 0) is 31.0 Å². The fraction of sp³-hybridized carbons (Fsp3) is 0.455. The van der Waals surface area contributed by atoms with E-state index >= 15 is 0 Å². The van der Waals surface area contributed by atoms with Crippen LogP contribution >= 0.6 is 0 Å². The summed E-state index contributed by atoms with van der Waals surface area (Å²) in [5, 5.41) is 12.1. The first-order valence-corrected chi connectivity index (χ1v) is 5.01. The molecule has 84 valence electrons. The summed E-state index contributed by atoms with van der Waals surface area (Å²) in [4.78, 5) is 0. The number of halogens is 1. The lowest BCUT2D eigenvalue weighted by molar-refractivity contribution is 0.272. The Morgan fingerprint density at radius 1 is 1.53 bits per heavy atom. The van der Waals surface area contributed by atoms with Crippen LogP contribution in [0.15, 0.2) is 12.1 Å². The Morgan fingerprint density at radius 2 is 2.20 bits per heavy atom. The Morgan fingerprint density at radius 3 is 2.73 bits per heavy atom. The zero-order valence-electron chi connectivity index (χ0n) is 9.05. The molecule has 1 unspecified atom stereocenters.